The number of ketones is 1. The Hall–Kier alpha value is -2.25. The third-order valence-electron chi connectivity index (χ3n) is 4.63. The van der Waals surface area contributed by atoms with Crippen molar-refractivity contribution in [2.75, 3.05) is 6.54 Å². The molecule has 0 saturated carbocycles. The van der Waals surface area contributed by atoms with Crippen molar-refractivity contribution in [3.63, 3.8) is 0 Å². The first-order valence-corrected chi connectivity index (χ1v) is 9.55. The lowest BCUT2D eigenvalue weighted by Crippen LogP contribution is -2.27. The molecule has 26 heavy (non-hydrogen) atoms. The average molecular weight is 371 g/mol. The van der Waals surface area contributed by atoms with Crippen LogP contribution in [0.4, 0.5) is 0 Å². The van der Waals surface area contributed by atoms with E-state index in [2.05, 4.69) is 21.8 Å². The second-order valence-corrected chi connectivity index (χ2v) is 8.03. The summed E-state index contributed by atoms with van der Waals surface area (Å²) < 4.78 is 11.5. The Labute approximate surface area is 155 Å². The normalized spacial score (nSPS) is 20.7. The zero-order valence-electron chi connectivity index (χ0n) is 14.8. The van der Waals surface area contributed by atoms with Crippen LogP contribution in [-0.4, -0.2) is 39.3 Å². The number of benzene rings is 1. The van der Waals surface area contributed by atoms with E-state index in [1.165, 1.54) is 11.3 Å². The molecule has 6 nitrogen and oxygen atoms in total. The van der Waals surface area contributed by atoms with Gasteiger partial charge in [-0.15, -0.1) is 11.3 Å². The number of Topliss-reactive ketones (excluding diaryl/α,β-unsaturated/α-hetero) is 1. The first-order chi connectivity index (χ1) is 12.6. The molecule has 3 aromatic rings. The maximum Gasteiger partial charge on any atom is 0.181 e. The molecule has 1 fully saturated rings. The number of nitrogens with zero attached hydrogens (tertiary/aromatic N) is 3. The molecule has 3 heterocycles. The second kappa shape index (κ2) is 7.17. The number of hydrogen-bond donors (Lipinski definition) is 0. The molecule has 0 unspecified atom stereocenters. The molecule has 0 spiro atoms. The number of carbonyl (C=O) groups is 1. The molecule has 2 aromatic heterocycles. The highest BCUT2D eigenvalue weighted by molar-refractivity contribution is 7.11. The predicted octanol–water partition coefficient (Wildman–Crippen LogP) is 3.46. The van der Waals surface area contributed by atoms with E-state index in [1.807, 2.05) is 24.4 Å². The molecule has 0 bridgehead atoms. The van der Waals surface area contributed by atoms with Crippen molar-refractivity contribution in [1.82, 2.24) is 14.9 Å². The number of carbonyl (C=O) groups excluding carboxylic acids is 1. The lowest BCUT2D eigenvalue weighted by molar-refractivity contribution is -0.116. The van der Waals surface area contributed by atoms with Crippen LogP contribution in [-0.2, 0) is 17.8 Å². The summed E-state index contributed by atoms with van der Waals surface area (Å²) in [7, 11) is 0. The first kappa shape index (κ1) is 17.2. The van der Waals surface area contributed by atoms with Crippen molar-refractivity contribution in [3.8, 4) is 5.75 Å². The third kappa shape index (κ3) is 3.78. The summed E-state index contributed by atoms with van der Waals surface area (Å²) in [6, 6.07) is 6.19. The highest BCUT2D eigenvalue weighted by atomic mass is 32.1. The van der Waals surface area contributed by atoms with Crippen LogP contribution >= 0.6 is 11.3 Å². The number of ether oxygens (including phenoxy) is 1. The van der Waals surface area contributed by atoms with Crippen molar-refractivity contribution < 1.29 is 13.9 Å². The standard InChI is InChI=1S/C19H21N3O3S/c1-12-5-15(25-14-3-4-17-18(7-14)24-11-21-17)9-22(12)10-16-8-20-19(26-16)6-13(2)23/h3-4,7-8,11-12,15H,5-6,9-10H2,1-2H3/t12-,15+/m0/s1. The molecule has 7 heteroatoms. The van der Waals surface area contributed by atoms with Gasteiger partial charge < -0.3 is 9.15 Å². The maximum atomic E-state index is 11.2. The molecule has 4 rings (SSSR count). The molecule has 0 N–H and O–H groups in total. The van der Waals surface area contributed by atoms with E-state index in [0.29, 0.717) is 12.5 Å². The van der Waals surface area contributed by atoms with Crippen LogP contribution in [0, 0.1) is 0 Å². The van der Waals surface area contributed by atoms with Crippen LogP contribution in [0.3, 0.4) is 0 Å². The zero-order valence-corrected chi connectivity index (χ0v) is 15.7. The van der Waals surface area contributed by atoms with Crippen LogP contribution in [0.15, 0.2) is 35.2 Å². The fourth-order valence-electron chi connectivity index (χ4n) is 3.37. The van der Waals surface area contributed by atoms with Gasteiger partial charge in [-0.05, 0) is 26.0 Å². The average Bonchev–Trinajstić information content (AvgIpc) is 3.29. The van der Waals surface area contributed by atoms with Crippen LogP contribution < -0.4 is 4.74 Å². The van der Waals surface area contributed by atoms with E-state index in [-0.39, 0.29) is 11.9 Å². The number of oxazole rings is 1. The summed E-state index contributed by atoms with van der Waals surface area (Å²) in [5, 5.41) is 0.896. The summed E-state index contributed by atoms with van der Waals surface area (Å²) >= 11 is 1.62. The van der Waals surface area contributed by atoms with Crippen molar-refractivity contribution in [2.45, 2.75) is 45.4 Å². The Morgan fingerprint density at radius 3 is 3.15 bits per heavy atom. The van der Waals surface area contributed by atoms with Gasteiger partial charge in [0, 0.05) is 42.7 Å². The number of hydrogen-bond acceptors (Lipinski definition) is 7. The number of likely N-dealkylation sites (tertiary alicyclic amines) is 1. The van der Waals surface area contributed by atoms with Gasteiger partial charge >= 0.3 is 0 Å². The molecule has 1 aliphatic rings. The van der Waals surface area contributed by atoms with Gasteiger partial charge in [-0.3, -0.25) is 9.69 Å². The fourth-order valence-corrected chi connectivity index (χ4v) is 4.39. The molecule has 136 valence electrons. The SMILES string of the molecule is CC(=O)Cc1ncc(CN2C[C@H](Oc3ccc4ncoc4c3)C[C@@H]2C)s1. The predicted molar refractivity (Wildman–Crippen MR) is 99.4 cm³/mol. The van der Waals surface area contributed by atoms with E-state index in [0.717, 1.165) is 41.4 Å². The minimum atomic E-state index is 0.148. The lowest BCUT2D eigenvalue weighted by Gasteiger charge is -2.19. The van der Waals surface area contributed by atoms with E-state index in [9.17, 15) is 4.79 Å². The van der Waals surface area contributed by atoms with Crippen molar-refractivity contribution in [3.05, 3.63) is 40.7 Å². The Bertz CT molecular complexity index is 920. The molecule has 1 saturated heterocycles. The van der Waals surface area contributed by atoms with Gasteiger partial charge in [0.25, 0.3) is 0 Å². The number of fused-ring (bicyclic) bond motifs is 1. The Kier molecular flexibility index (Phi) is 4.74. The summed E-state index contributed by atoms with van der Waals surface area (Å²) in [6.07, 6.45) is 4.89. The summed E-state index contributed by atoms with van der Waals surface area (Å²) in [4.78, 5) is 23.3. The van der Waals surface area contributed by atoms with E-state index in [4.69, 9.17) is 9.15 Å². The van der Waals surface area contributed by atoms with Gasteiger partial charge in [0.05, 0.1) is 6.42 Å². The largest absolute Gasteiger partial charge is 0.489 e. The van der Waals surface area contributed by atoms with Gasteiger partial charge in [0.15, 0.2) is 12.0 Å². The summed E-state index contributed by atoms with van der Waals surface area (Å²) in [5.41, 5.74) is 1.58. The van der Waals surface area contributed by atoms with Crippen molar-refractivity contribution in [2.24, 2.45) is 0 Å². The topological polar surface area (TPSA) is 68.5 Å². The highest BCUT2D eigenvalue weighted by Gasteiger charge is 2.31. The number of aromatic nitrogens is 2. The monoisotopic (exact) mass is 371 g/mol. The smallest absolute Gasteiger partial charge is 0.181 e. The molecule has 1 aromatic carbocycles. The third-order valence-corrected chi connectivity index (χ3v) is 5.61. The van der Waals surface area contributed by atoms with Gasteiger partial charge in [-0.2, -0.15) is 0 Å². The molecule has 0 amide bonds. The number of rotatable bonds is 6. The highest BCUT2D eigenvalue weighted by Crippen LogP contribution is 2.27. The Balaban J connectivity index is 1.37. The quantitative estimate of drug-likeness (QED) is 0.661. The van der Waals surface area contributed by atoms with E-state index < -0.39 is 0 Å². The maximum absolute atomic E-state index is 11.2. The van der Waals surface area contributed by atoms with Gasteiger partial charge in [-0.1, -0.05) is 0 Å². The Morgan fingerprint density at radius 2 is 2.31 bits per heavy atom. The van der Waals surface area contributed by atoms with Gasteiger partial charge in [0.2, 0.25) is 0 Å². The molecule has 0 aliphatic carbocycles. The summed E-state index contributed by atoms with van der Waals surface area (Å²) in [5.74, 6) is 0.965. The van der Waals surface area contributed by atoms with Crippen molar-refractivity contribution >= 4 is 28.2 Å². The van der Waals surface area contributed by atoms with E-state index in [1.54, 1.807) is 18.3 Å². The number of thiazole rings is 1. The zero-order chi connectivity index (χ0) is 18.1. The van der Waals surface area contributed by atoms with Crippen LogP contribution in [0.2, 0.25) is 0 Å². The second-order valence-electron chi connectivity index (χ2n) is 6.84. The molecular formula is C19H21N3O3S. The summed E-state index contributed by atoms with van der Waals surface area (Å²) in [6.45, 7) is 5.54. The van der Waals surface area contributed by atoms with E-state index >= 15 is 0 Å². The first-order valence-electron chi connectivity index (χ1n) is 8.74. The minimum Gasteiger partial charge on any atom is -0.489 e. The minimum absolute atomic E-state index is 0.148. The van der Waals surface area contributed by atoms with Gasteiger partial charge in [0.1, 0.15) is 28.2 Å². The van der Waals surface area contributed by atoms with Crippen LogP contribution in [0.5, 0.6) is 5.75 Å². The van der Waals surface area contributed by atoms with Gasteiger partial charge in [-0.25, -0.2) is 9.97 Å². The molecule has 0 radical (unpaired) electrons. The Morgan fingerprint density at radius 1 is 1.42 bits per heavy atom. The van der Waals surface area contributed by atoms with Crippen LogP contribution in [0.1, 0.15) is 30.2 Å². The van der Waals surface area contributed by atoms with Crippen molar-refractivity contribution in [1.29, 1.82) is 0 Å². The fraction of sp³-hybridized carbons (Fsp3) is 0.421. The lowest BCUT2D eigenvalue weighted by atomic mass is 10.2. The molecule has 1 aliphatic heterocycles. The van der Waals surface area contributed by atoms with Crippen LogP contribution in [0.25, 0.3) is 11.1 Å². The molecular weight excluding hydrogens is 350 g/mol. The molecule has 2 atom stereocenters.